The molecule has 31 heavy (non-hydrogen) atoms. The molecule has 3 N–H and O–H groups in total. The Morgan fingerprint density at radius 2 is 2.00 bits per heavy atom. The first-order valence-corrected chi connectivity index (χ1v) is 9.37. The Balaban J connectivity index is 1.94. The van der Waals surface area contributed by atoms with Gasteiger partial charge in [0.05, 0.1) is 11.6 Å². The van der Waals surface area contributed by atoms with Crippen LogP contribution in [0.2, 0.25) is 0 Å². The summed E-state index contributed by atoms with van der Waals surface area (Å²) in [5.74, 6) is -6.91. The lowest BCUT2D eigenvalue weighted by Crippen LogP contribution is -2.38. The molecule has 1 fully saturated rings. The Morgan fingerprint density at radius 3 is 2.55 bits per heavy atom. The highest BCUT2D eigenvalue weighted by Crippen LogP contribution is 2.43. The van der Waals surface area contributed by atoms with E-state index in [2.05, 4.69) is 15.4 Å². The number of hydrogen-bond acceptors (Lipinski definition) is 4. The van der Waals surface area contributed by atoms with Crippen LogP contribution < -0.4 is 11.1 Å². The molecule has 2 aromatic heterocycles. The third-order valence-corrected chi connectivity index (χ3v) is 5.22. The van der Waals surface area contributed by atoms with Gasteiger partial charge in [0.1, 0.15) is 11.4 Å². The van der Waals surface area contributed by atoms with Gasteiger partial charge in [-0.25, -0.2) is 8.78 Å². The molecular formula is C19H20F5N5O2. The van der Waals surface area contributed by atoms with Gasteiger partial charge in [0.25, 0.3) is 11.8 Å². The van der Waals surface area contributed by atoms with E-state index in [0.29, 0.717) is 0 Å². The minimum atomic E-state index is -4.59. The van der Waals surface area contributed by atoms with Crippen LogP contribution in [0.3, 0.4) is 0 Å². The number of nitrogens with two attached hydrogens (primary N) is 1. The van der Waals surface area contributed by atoms with Crippen molar-refractivity contribution in [3.8, 4) is 0 Å². The van der Waals surface area contributed by atoms with Crippen molar-refractivity contribution in [2.45, 2.75) is 51.3 Å². The molecule has 7 nitrogen and oxygen atoms in total. The number of aromatic nitrogens is 3. The number of rotatable bonds is 6. The monoisotopic (exact) mass is 445 g/mol. The van der Waals surface area contributed by atoms with E-state index in [-0.39, 0.29) is 34.9 Å². The molecule has 0 saturated heterocycles. The van der Waals surface area contributed by atoms with E-state index in [1.807, 2.05) is 0 Å². The number of halogens is 5. The lowest BCUT2D eigenvalue weighted by molar-refractivity contribution is -0.147. The number of anilines is 1. The number of alkyl halides is 5. The predicted octanol–water partition coefficient (Wildman–Crippen LogP) is 3.65. The number of nitrogens with zero attached hydrogens (tertiary/aromatic N) is 3. The number of carbonyl (C=O) groups excluding carboxylic acids is 2. The fourth-order valence-electron chi connectivity index (χ4n) is 3.55. The summed E-state index contributed by atoms with van der Waals surface area (Å²) in [4.78, 5) is 27.9. The molecule has 0 aromatic carbocycles. The Morgan fingerprint density at radius 1 is 1.35 bits per heavy atom. The first kappa shape index (κ1) is 22.6. The maximum absolute atomic E-state index is 13.3. The second kappa shape index (κ2) is 7.89. The van der Waals surface area contributed by atoms with Crippen LogP contribution in [0.4, 0.5) is 27.6 Å². The van der Waals surface area contributed by atoms with Crippen LogP contribution >= 0.6 is 0 Å². The van der Waals surface area contributed by atoms with Gasteiger partial charge in [-0.15, -0.1) is 0 Å². The van der Waals surface area contributed by atoms with Crippen LogP contribution in [0.5, 0.6) is 0 Å². The topological polar surface area (TPSA) is 103 Å². The summed E-state index contributed by atoms with van der Waals surface area (Å²) >= 11 is 0. The predicted molar refractivity (Wildman–Crippen MR) is 99.8 cm³/mol. The van der Waals surface area contributed by atoms with Crippen molar-refractivity contribution in [2.24, 2.45) is 11.7 Å². The zero-order chi connectivity index (χ0) is 23.1. The molecular weight excluding hydrogens is 425 g/mol. The number of pyridine rings is 1. The fourth-order valence-corrected chi connectivity index (χ4v) is 3.55. The molecule has 168 valence electrons. The maximum atomic E-state index is 13.3. The van der Waals surface area contributed by atoms with E-state index >= 15 is 0 Å². The SMILES string of the molecule is Cc1c([C@@H](C)C(F)(F)F)nn(CC2CC(F)(F)C2)c1C(=O)Nc1ccnc(C(N)=O)c1. The zero-order valence-corrected chi connectivity index (χ0v) is 16.6. The molecule has 1 aliphatic carbocycles. The van der Waals surface area contributed by atoms with Crippen molar-refractivity contribution < 1.29 is 31.5 Å². The van der Waals surface area contributed by atoms with E-state index in [0.717, 1.165) is 11.6 Å². The summed E-state index contributed by atoms with van der Waals surface area (Å²) in [6.45, 7) is 2.13. The number of hydrogen-bond donors (Lipinski definition) is 2. The molecule has 2 heterocycles. The molecule has 0 spiro atoms. The summed E-state index contributed by atoms with van der Waals surface area (Å²) < 4.78 is 67.3. The van der Waals surface area contributed by atoms with Crippen LogP contribution in [0.1, 0.15) is 57.9 Å². The number of amides is 2. The molecule has 2 aromatic rings. The van der Waals surface area contributed by atoms with Crippen LogP contribution in [0, 0.1) is 12.8 Å². The lowest BCUT2D eigenvalue weighted by atomic mass is 9.81. The molecule has 0 radical (unpaired) electrons. The van der Waals surface area contributed by atoms with Gasteiger partial charge in [-0.3, -0.25) is 19.3 Å². The average Bonchev–Trinajstić information content (AvgIpc) is 2.94. The van der Waals surface area contributed by atoms with Gasteiger partial charge in [-0.05, 0) is 31.9 Å². The Labute approximate surface area is 173 Å². The normalized spacial score (nSPS) is 17.1. The van der Waals surface area contributed by atoms with Crippen molar-refractivity contribution >= 4 is 17.5 Å². The summed E-state index contributed by atoms with van der Waals surface area (Å²) in [6.07, 6.45) is -4.22. The van der Waals surface area contributed by atoms with Crippen molar-refractivity contribution in [1.29, 1.82) is 0 Å². The number of carbonyl (C=O) groups is 2. The highest BCUT2D eigenvalue weighted by molar-refractivity contribution is 6.04. The minimum Gasteiger partial charge on any atom is -0.364 e. The van der Waals surface area contributed by atoms with Crippen LogP contribution in [0.25, 0.3) is 0 Å². The van der Waals surface area contributed by atoms with Gasteiger partial charge in [0, 0.05) is 36.8 Å². The van der Waals surface area contributed by atoms with E-state index in [9.17, 15) is 31.5 Å². The molecule has 0 aliphatic heterocycles. The number of primary amides is 1. The molecule has 0 bridgehead atoms. The summed E-state index contributed by atoms with van der Waals surface area (Å²) in [5, 5.41) is 6.43. The molecule has 12 heteroatoms. The molecule has 3 rings (SSSR count). The largest absolute Gasteiger partial charge is 0.397 e. The first-order chi connectivity index (χ1) is 14.3. The van der Waals surface area contributed by atoms with Gasteiger partial charge in [0.2, 0.25) is 5.92 Å². The van der Waals surface area contributed by atoms with E-state index in [1.165, 1.54) is 25.3 Å². The standard InChI is InChI=1S/C19H20F5N5O2/c1-9-14(10(2)19(22,23)24)28-29(8-11-6-18(20,21)7-11)15(9)17(31)27-12-3-4-26-13(5-12)16(25)30/h3-5,10-11H,6-8H2,1-2H3,(H2,25,30)(H,26,27,31)/t10-/m1/s1. The second-order valence-corrected chi connectivity index (χ2v) is 7.68. The van der Waals surface area contributed by atoms with Crippen molar-refractivity contribution in [2.75, 3.05) is 5.32 Å². The van der Waals surface area contributed by atoms with Gasteiger partial charge in [-0.2, -0.15) is 18.3 Å². The van der Waals surface area contributed by atoms with Gasteiger partial charge in [-0.1, -0.05) is 0 Å². The Bertz CT molecular complexity index is 1010. The average molecular weight is 445 g/mol. The molecule has 1 saturated carbocycles. The van der Waals surface area contributed by atoms with Crippen LogP contribution in [-0.2, 0) is 6.54 Å². The zero-order valence-electron chi connectivity index (χ0n) is 16.6. The van der Waals surface area contributed by atoms with Gasteiger partial charge >= 0.3 is 6.18 Å². The van der Waals surface area contributed by atoms with Crippen LogP contribution in [-0.4, -0.2) is 38.7 Å². The summed E-state index contributed by atoms with van der Waals surface area (Å²) in [5.41, 5.74) is 4.65. The van der Waals surface area contributed by atoms with Crippen molar-refractivity contribution in [1.82, 2.24) is 14.8 Å². The second-order valence-electron chi connectivity index (χ2n) is 7.68. The lowest BCUT2D eigenvalue weighted by Gasteiger charge is -2.35. The molecule has 1 atom stereocenters. The van der Waals surface area contributed by atoms with E-state index in [1.54, 1.807) is 0 Å². The van der Waals surface area contributed by atoms with Crippen molar-refractivity contribution in [3.05, 3.63) is 41.0 Å². The quantitative estimate of drug-likeness (QED) is 0.663. The molecule has 0 unspecified atom stereocenters. The first-order valence-electron chi connectivity index (χ1n) is 9.37. The summed E-state index contributed by atoms with van der Waals surface area (Å²) in [6, 6.07) is 2.58. The van der Waals surface area contributed by atoms with E-state index in [4.69, 9.17) is 5.73 Å². The third-order valence-electron chi connectivity index (χ3n) is 5.22. The van der Waals surface area contributed by atoms with Crippen LogP contribution in [0.15, 0.2) is 18.3 Å². The summed E-state index contributed by atoms with van der Waals surface area (Å²) in [7, 11) is 0. The smallest absolute Gasteiger partial charge is 0.364 e. The van der Waals surface area contributed by atoms with E-state index < -0.39 is 48.6 Å². The van der Waals surface area contributed by atoms with Crippen molar-refractivity contribution in [3.63, 3.8) is 0 Å². The van der Waals surface area contributed by atoms with Gasteiger partial charge in [0.15, 0.2) is 0 Å². The highest BCUT2D eigenvalue weighted by Gasteiger charge is 2.46. The molecule has 1 aliphatic rings. The Kier molecular flexibility index (Phi) is 5.76. The molecule has 2 amide bonds. The minimum absolute atomic E-state index is 0.00223. The Hall–Kier alpha value is -3.05. The number of nitrogens with one attached hydrogen (secondary N) is 1. The maximum Gasteiger partial charge on any atom is 0.397 e. The fraction of sp³-hybridized carbons (Fsp3) is 0.474. The van der Waals surface area contributed by atoms with Gasteiger partial charge < -0.3 is 11.1 Å². The third kappa shape index (κ3) is 4.83. The highest BCUT2D eigenvalue weighted by atomic mass is 19.4.